The van der Waals surface area contributed by atoms with Crippen LogP contribution in [-0.4, -0.2) is 47.4 Å². The van der Waals surface area contributed by atoms with Crippen LogP contribution in [0.1, 0.15) is 367 Å². The Kier molecular flexibility index (Phi) is 59.9. The van der Waals surface area contributed by atoms with Crippen LogP contribution in [0.15, 0.2) is 12.2 Å². The summed E-state index contributed by atoms with van der Waals surface area (Å²) in [5, 5.41) is 23.2. The van der Waals surface area contributed by atoms with Crippen LogP contribution >= 0.6 is 0 Å². The molecule has 0 aliphatic carbocycles. The second-order valence-electron chi connectivity index (χ2n) is 22.5. The lowest BCUT2D eigenvalue weighted by Crippen LogP contribution is -2.45. The summed E-state index contributed by atoms with van der Waals surface area (Å²) in [6.45, 7) is 4.96. The smallest absolute Gasteiger partial charge is 0.305 e. The Morgan fingerprint density at radius 3 is 1.00 bits per heavy atom. The monoisotopic (exact) mass is 1000 g/mol. The Bertz CT molecular complexity index is 1060. The van der Waals surface area contributed by atoms with E-state index in [9.17, 15) is 19.8 Å². The third-order valence-electron chi connectivity index (χ3n) is 15.3. The first-order chi connectivity index (χ1) is 35.0. The van der Waals surface area contributed by atoms with Crippen molar-refractivity contribution in [2.45, 2.75) is 379 Å². The second-order valence-corrected chi connectivity index (χ2v) is 22.5. The van der Waals surface area contributed by atoms with Crippen LogP contribution in [0.4, 0.5) is 0 Å². The molecule has 1 amide bonds. The highest BCUT2D eigenvalue weighted by Gasteiger charge is 2.20. The molecule has 71 heavy (non-hydrogen) atoms. The average molecular weight is 1000 g/mol. The van der Waals surface area contributed by atoms with Crippen molar-refractivity contribution in [3.63, 3.8) is 0 Å². The molecular weight excluding hydrogens is 875 g/mol. The van der Waals surface area contributed by atoms with Crippen molar-refractivity contribution in [1.29, 1.82) is 0 Å². The molecule has 0 aromatic rings. The summed E-state index contributed by atoms with van der Waals surface area (Å²) in [7, 11) is 0. The highest BCUT2D eigenvalue weighted by atomic mass is 16.5. The van der Waals surface area contributed by atoms with Gasteiger partial charge in [-0.15, -0.1) is 0 Å². The van der Waals surface area contributed by atoms with Gasteiger partial charge in [0.25, 0.3) is 0 Å². The zero-order valence-electron chi connectivity index (χ0n) is 48.2. The minimum Gasteiger partial charge on any atom is -0.466 e. The van der Waals surface area contributed by atoms with Crippen molar-refractivity contribution in [3.05, 3.63) is 12.2 Å². The first-order valence-corrected chi connectivity index (χ1v) is 32.4. The lowest BCUT2D eigenvalue weighted by Gasteiger charge is -2.22. The molecule has 0 saturated heterocycles. The molecule has 422 valence electrons. The zero-order valence-corrected chi connectivity index (χ0v) is 48.2. The maximum atomic E-state index is 12.4. The molecule has 6 nitrogen and oxygen atoms in total. The third-order valence-corrected chi connectivity index (χ3v) is 15.3. The number of amides is 1. The van der Waals surface area contributed by atoms with Gasteiger partial charge >= 0.3 is 5.97 Å². The van der Waals surface area contributed by atoms with Gasteiger partial charge in [-0.1, -0.05) is 315 Å². The van der Waals surface area contributed by atoms with Crippen LogP contribution in [0.25, 0.3) is 0 Å². The van der Waals surface area contributed by atoms with Gasteiger partial charge < -0.3 is 20.3 Å². The van der Waals surface area contributed by atoms with Gasteiger partial charge in [-0.05, 0) is 51.4 Å². The minimum atomic E-state index is -0.659. The molecule has 0 aliphatic rings. The molecule has 3 N–H and O–H groups in total. The molecular formula is C65H127NO5. The lowest BCUT2D eigenvalue weighted by atomic mass is 10.0. The lowest BCUT2D eigenvalue weighted by molar-refractivity contribution is -0.143. The summed E-state index contributed by atoms with van der Waals surface area (Å²) in [4.78, 5) is 24.4. The highest BCUT2D eigenvalue weighted by Crippen LogP contribution is 2.18. The number of allylic oxidation sites excluding steroid dienone is 2. The maximum absolute atomic E-state index is 12.4. The first kappa shape index (κ1) is 69.6. The molecule has 0 aromatic carbocycles. The number of rotatable bonds is 61. The van der Waals surface area contributed by atoms with Gasteiger partial charge in [0.15, 0.2) is 0 Å². The summed E-state index contributed by atoms with van der Waals surface area (Å²) in [5.41, 5.74) is 0. The molecule has 0 radical (unpaired) electrons. The third kappa shape index (κ3) is 57.7. The van der Waals surface area contributed by atoms with Gasteiger partial charge in [0.05, 0.1) is 25.4 Å². The number of carbonyl (C=O) groups is 2. The molecule has 6 heteroatoms. The van der Waals surface area contributed by atoms with E-state index in [1.165, 1.54) is 295 Å². The van der Waals surface area contributed by atoms with E-state index in [0.29, 0.717) is 25.9 Å². The van der Waals surface area contributed by atoms with Crippen molar-refractivity contribution < 1.29 is 24.5 Å². The molecule has 0 aliphatic heterocycles. The average Bonchev–Trinajstić information content (AvgIpc) is 3.37. The molecule has 0 bridgehead atoms. The normalized spacial score (nSPS) is 12.6. The number of aliphatic hydroxyl groups is 2. The minimum absolute atomic E-state index is 0.0188. The second kappa shape index (κ2) is 61.1. The summed E-state index contributed by atoms with van der Waals surface area (Å²) in [6, 6.07) is -0.536. The standard InChI is InChI=1S/C65H127NO5/c1-3-5-7-9-11-13-38-43-47-51-55-59-65(70)71-60-56-52-48-44-40-37-35-33-31-29-27-25-23-21-19-17-15-16-18-20-22-24-26-28-30-32-34-36-39-42-46-50-54-58-64(69)66-62(61-67)63(68)57-53-49-45-41-14-12-10-8-6-4-2/h19,21,62-63,67-68H,3-18,20,22-61H2,1-2H3,(H,66,69)/b21-19-. The predicted octanol–water partition coefficient (Wildman–Crippen LogP) is 20.4. The number of aliphatic hydroxyl groups excluding tert-OH is 2. The molecule has 0 aromatic heterocycles. The summed E-state index contributed by atoms with van der Waals surface area (Å²) >= 11 is 0. The Hall–Kier alpha value is -1.40. The van der Waals surface area contributed by atoms with Gasteiger partial charge in [0, 0.05) is 12.8 Å². The van der Waals surface area contributed by atoms with Gasteiger partial charge in [0.1, 0.15) is 0 Å². The van der Waals surface area contributed by atoms with Crippen molar-refractivity contribution in [2.75, 3.05) is 13.2 Å². The van der Waals surface area contributed by atoms with Crippen LogP contribution in [0.5, 0.6) is 0 Å². The fourth-order valence-corrected chi connectivity index (χ4v) is 10.3. The Balaban J connectivity index is 3.31. The number of hydrogen-bond donors (Lipinski definition) is 3. The summed E-state index contributed by atoms with van der Waals surface area (Å²) in [6.07, 6.45) is 74.0. The van der Waals surface area contributed by atoms with Crippen molar-refractivity contribution in [3.8, 4) is 0 Å². The molecule has 0 spiro atoms. The molecule has 2 unspecified atom stereocenters. The van der Waals surface area contributed by atoms with Crippen LogP contribution in [0.2, 0.25) is 0 Å². The van der Waals surface area contributed by atoms with Crippen LogP contribution in [-0.2, 0) is 14.3 Å². The SMILES string of the molecule is CCCCCCCCCCCCCC(=O)OCCCCCCCCCCCCCC/C=C\CCCCCCCCCCCCCCCCCCCC(=O)NC(CO)C(O)CCCCCCCCCCCC. The fraction of sp³-hybridized carbons (Fsp3) is 0.938. The summed E-state index contributed by atoms with van der Waals surface area (Å²) < 4.78 is 5.47. The van der Waals surface area contributed by atoms with Crippen LogP contribution in [0, 0.1) is 0 Å². The highest BCUT2D eigenvalue weighted by molar-refractivity contribution is 5.76. The Morgan fingerprint density at radius 2 is 0.662 bits per heavy atom. The van der Waals surface area contributed by atoms with E-state index in [-0.39, 0.29) is 18.5 Å². The van der Waals surface area contributed by atoms with Gasteiger partial charge in [-0.3, -0.25) is 9.59 Å². The van der Waals surface area contributed by atoms with Gasteiger partial charge in [-0.25, -0.2) is 0 Å². The van der Waals surface area contributed by atoms with E-state index in [1.807, 2.05) is 0 Å². The Morgan fingerprint density at radius 1 is 0.380 bits per heavy atom. The van der Waals surface area contributed by atoms with E-state index in [1.54, 1.807) is 0 Å². The number of nitrogens with one attached hydrogen (secondary N) is 1. The number of unbranched alkanes of at least 4 members (excludes halogenated alkanes) is 48. The van der Waals surface area contributed by atoms with Crippen molar-refractivity contribution in [2.24, 2.45) is 0 Å². The van der Waals surface area contributed by atoms with Crippen molar-refractivity contribution >= 4 is 11.9 Å². The first-order valence-electron chi connectivity index (χ1n) is 32.4. The van der Waals surface area contributed by atoms with E-state index < -0.39 is 12.1 Å². The largest absolute Gasteiger partial charge is 0.466 e. The molecule has 0 heterocycles. The fourth-order valence-electron chi connectivity index (χ4n) is 10.3. The number of esters is 1. The topological polar surface area (TPSA) is 95.9 Å². The maximum Gasteiger partial charge on any atom is 0.305 e. The van der Waals surface area contributed by atoms with Crippen LogP contribution < -0.4 is 5.32 Å². The van der Waals surface area contributed by atoms with Gasteiger partial charge in [-0.2, -0.15) is 0 Å². The predicted molar refractivity (Wildman–Crippen MR) is 310 cm³/mol. The molecule has 0 saturated carbocycles. The molecule has 0 rings (SSSR count). The van der Waals surface area contributed by atoms with Gasteiger partial charge in [0.2, 0.25) is 5.91 Å². The number of ether oxygens (including phenoxy) is 1. The number of carbonyl (C=O) groups excluding carboxylic acids is 2. The van der Waals surface area contributed by atoms with E-state index in [0.717, 1.165) is 38.5 Å². The Labute approximate surface area is 444 Å². The molecule has 2 atom stereocenters. The quantitative estimate of drug-likeness (QED) is 0.0320. The van der Waals surface area contributed by atoms with E-state index in [2.05, 4.69) is 31.3 Å². The number of hydrogen-bond acceptors (Lipinski definition) is 5. The summed E-state index contributed by atoms with van der Waals surface area (Å²) in [5.74, 6) is -0.0129. The molecule has 0 fully saturated rings. The van der Waals surface area contributed by atoms with E-state index >= 15 is 0 Å². The van der Waals surface area contributed by atoms with Crippen molar-refractivity contribution in [1.82, 2.24) is 5.32 Å². The van der Waals surface area contributed by atoms with E-state index in [4.69, 9.17) is 4.74 Å². The van der Waals surface area contributed by atoms with Crippen LogP contribution in [0.3, 0.4) is 0 Å². The zero-order chi connectivity index (χ0) is 51.4.